The summed E-state index contributed by atoms with van der Waals surface area (Å²) in [5, 5.41) is 2.86. The van der Waals surface area contributed by atoms with Gasteiger partial charge < -0.3 is 15.0 Å². The van der Waals surface area contributed by atoms with E-state index in [2.05, 4.69) is 36.1 Å². The third-order valence-corrected chi connectivity index (χ3v) is 3.70. The van der Waals surface area contributed by atoms with Crippen LogP contribution in [0.3, 0.4) is 0 Å². The zero-order valence-electron chi connectivity index (χ0n) is 13.9. The minimum absolute atomic E-state index is 0.0916. The third-order valence-electron chi connectivity index (χ3n) is 3.70. The number of likely N-dealkylation sites (tertiary alicyclic amines) is 1. The summed E-state index contributed by atoms with van der Waals surface area (Å²) < 4.78 is 5.43. The molecule has 1 N–H and O–H groups in total. The fourth-order valence-electron chi connectivity index (χ4n) is 2.42. The van der Waals surface area contributed by atoms with Gasteiger partial charge in [-0.1, -0.05) is 20.8 Å². The Kier molecular flexibility index (Phi) is 5.34. The lowest BCUT2D eigenvalue weighted by molar-refractivity contribution is 0.113. The molecule has 22 heavy (non-hydrogen) atoms. The van der Waals surface area contributed by atoms with E-state index >= 15 is 0 Å². The van der Waals surface area contributed by atoms with E-state index in [1.54, 1.807) is 12.4 Å². The van der Waals surface area contributed by atoms with Crippen molar-refractivity contribution in [1.82, 2.24) is 14.9 Å². The smallest absolute Gasteiger partial charge is 0.321 e. The lowest BCUT2D eigenvalue weighted by Gasteiger charge is -2.18. The van der Waals surface area contributed by atoms with Crippen LogP contribution in [0.4, 0.5) is 10.5 Å². The molecule has 1 aliphatic rings. The summed E-state index contributed by atoms with van der Waals surface area (Å²) in [5.74, 6) is 1.20. The van der Waals surface area contributed by atoms with Crippen LogP contribution < -0.4 is 5.32 Å². The monoisotopic (exact) mass is 306 g/mol. The maximum absolute atomic E-state index is 12.2. The molecule has 1 fully saturated rings. The Balaban J connectivity index is 1.87. The molecule has 1 atom stereocenters. The van der Waals surface area contributed by atoms with E-state index in [0.717, 1.165) is 38.5 Å². The van der Waals surface area contributed by atoms with Gasteiger partial charge in [0.05, 0.1) is 24.7 Å². The highest BCUT2D eigenvalue weighted by Gasteiger charge is 2.26. The second-order valence-electron chi connectivity index (χ2n) is 6.74. The molecular formula is C16H26N4O2. The first-order chi connectivity index (χ1) is 10.4. The largest absolute Gasteiger partial charge is 0.381 e. The molecule has 122 valence electrons. The van der Waals surface area contributed by atoms with Crippen LogP contribution in [0.25, 0.3) is 0 Å². The minimum Gasteiger partial charge on any atom is -0.381 e. The maximum Gasteiger partial charge on any atom is 0.321 e. The van der Waals surface area contributed by atoms with E-state index in [9.17, 15) is 4.79 Å². The number of hydrogen-bond acceptors (Lipinski definition) is 4. The molecule has 1 aromatic rings. The predicted octanol–water partition coefficient (Wildman–Crippen LogP) is 2.66. The van der Waals surface area contributed by atoms with Gasteiger partial charge in [-0.2, -0.15) is 0 Å². The molecule has 0 radical (unpaired) electrons. The van der Waals surface area contributed by atoms with Crippen molar-refractivity contribution in [3.8, 4) is 0 Å². The van der Waals surface area contributed by atoms with Crippen LogP contribution in [0, 0.1) is 5.92 Å². The molecule has 0 unspecified atom stereocenters. The quantitative estimate of drug-likeness (QED) is 0.928. The Hall–Kier alpha value is -1.69. The van der Waals surface area contributed by atoms with Gasteiger partial charge in [0, 0.05) is 31.0 Å². The number of aromatic nitrogens is 2. The summed E-state index contributed by atoms with van der Waals surface area (Å²) in [6.07, 6.45) is 4.32. The Morgan fingerprint density at radius 3 is 2.68 bits per heavy atom. The van der Waals surface area contributed by atoms with Crippen molar-refractivity contribution in [3.63, 3.8) is 0 Å². The van der Waals surface area contributed by atoms with Crippen molar-refractivity contribution < 1.29 is 9.53 Å². The van der Waals surface area contributed by atoms with Crippen molar-refractivity contribution in [3.05, 3.63) is 18.2 Å². The SMILES string of the molecule is CCOC[C@@H]1CCN(C(=O)Nc2cnc(C(C)(C)C)nc2)C1. The Morgan fingerprint density at radius 1 is 1.41 bits per heavy atom. The van der Waals surface area contributed by atoms with Crippen molar-refractivity contribution in [2.75, 3.05) is 31.6 Å². The second kappa shape index (κ2) is 7.05. The lowest BCUT2D eigenvalue weighted by atomic mass is 9.96. The fraction of sp³-hybridized carbons (Fsp3) is 0.688. The molecular weight excluding hydrogens is 280 g/mol. The summed E-state index contributed by atoms with van der Waals surface area (Å²) >= 11 is 0. The summed E-state index contributed by atoms with van der Waals surface area (Å²) in [7, 11) is 0. The molecule has 2 rings (SSSR count). The van der Waals surface area contributed by atoms with Crippen LogP contribution in [0.15, 0.2) is 12.4 Å². The molecule has 2 amide bonds. The number of hydrogen-bond donors (Lipinski definition) is 1. The molecule has 1 aliphatic heterocycles. The van der Waals surface area contributed by atoms with E-state index in [-0.39, 0.29) is 11.4 Å². The van der Waals surface area contributed by atoms with E-state index in [0.29, 0.717) is 11.6 Å². The van der Waals surface area contributed by atoms with Crippen molar-refractivity contribution >= 4 is 11.7 Å². The van der Waals surface area contributed by atoms with Crippen LogP contribution in [-0.4, -0.2) is 47.2 Å². The van der Waals surface area contributed by atoms with Crippen molar-refractivity contribution in [2.45, 2.75) is 39.5 Å². The zero-order valence-corrected chi connectivity index (χ0v) is 13.9. The van der Waals surface area contributed by atoms with Gasteiger partial charge in [0.15, 0.2) is 0 Å². The van der Waals surface area contributed by atoms with Gasteiger partial charge in [0.1, 0.15) is 5.82 Å². The minimum atomic E-state index is -0.0933. The van der Waals surface area contributed by atoms with Crippen LogP contribution in [-0.2, 0) is 10.2 Å². The number of nitrogens with zero attached hydrogens (tertiary/aromatic N) is 3. The third kappa shape index (κ3) is 4.40. The average Bonchev–Trinajstić information content (AvgIpc) is 2.93. The van der Waals surface area contributed by atoms with Crippen LogP contribution in [0.1, 0.15) is 39.9 Å². The molecule has 0 bridgehead atoms. The van der Waals surface area contributed by atoms with Gasteiger partial charge in [-0.05, 0) is 13.3 Å². The second-order valence-corrected chi connectivity index (χ2v) is 6.74. The van der Waals surface area contributed by atoms with Gasteiger partial charge in [0.25, 0.3) is 0 Å². The number of ether oxygens (including phenoxy) is 1. The van der Waals surface area contributed by atoms with Crippen molar-refractivity contribution in [1.29, 1.82) is 0 Å². The highest BCUT2D eigenvalue weighted by molar-refractivity contribution is 5.89. The van der Waals surface area contributed by atoms with Crippen molar-refractivity contribution in [2.24, 2.45) is 5.92 Å². The maximum atomic E-state index is 12.2. The molecule has 6 heteroatoms. The average molecular weight is 306 g/mol. The summed E-state index contributed by atoms with van der Waals surface area (Å²) in [4.78, 5) is 22.7. The highest BCUT2D eigenvalue weighted by atomic mass is 16.5. The van der Waals surface area contributed by atoms with Crippen LogP contribution in [0.2, 0.25) is 0 Å². The van der Waals surface area contributed by atoms with E-state index in [1.807, 2.05) is 11.8 Å². The first-order valence-electron chi connectivity index (χ1n) is 7.86. The first-order valence-corrected chi connectivity index (χ1v) is 7.86. The number of rotatable bonds is 4. The standard InChI is InChI=1S/C16H26N4O2/c1-5-22-11-12-6-7-20(10-12)15(21)19-13-8-17-14(18-9-13)16(2,3)4/h8-9,12H,5-7,10-11H2,1-4H3,(H,19,21)/t12-/m1/s1. The van der Waals surface area contributed by atoms with Gasteiger partial charge >= 0.3 is 6.03 Å². The molecule has 0 aliphatic carbocycles. The van der Waals surface area contributed by atoms with Gasteiger partial charge in [0.2, 0.25) is 0 Å². The number of carbonyl (C=O) groups excluding carboxylic acids is 1. The highest BCUT2D eigenvalue weighted by Crippen LogP contribution is 2.20. The van der Waals surface area contributed by atoms with E-state index < -0.39 is 0 Å². The zero-order chi connectivity index (χ0) is 16.2. The normalized spacial score (nSPS) is 18.5. The number of nitrogens with one attached hydrogen (secondary N) is 1. The Labute approximate surface area is 132 Å². The molecule has 2 heterocycles. The molecule has 0 spiro atoms. The first kappa shape index (κ1) is 16.7. The van der Waals surface area contributed by atoms with E-state index in [1.165, 1.54) is 0 Å². The van der Waals surface area contributed by atoms with Gasteiger partial charge in [-0.25, -0.2) is 14.8 Å². The molecule has 1 saturated heterocycles. The topological polar surface area (TPSA) is 67.3 Å². The van der Waals surface area contributed by atoms with Crippen LogP contribution >= 0.6 is 0 Å². The predicted molar refractivity (Wildman–Crippen MR) is 85.9 cm³/mol. The molecule has 6 nitrogen and oxygen atoms in total. The number of urea groups is 1. The summed E-state index contributed by atoms with van der Waals surface area (Å²) in [5.41, 5.74) is 0.538. The molecule has 1 aromatic heterocycles. The molecule has 0 aromatic carbocycles. The molecule has 0 saturated carbocycles. The fourth-order valence-corrected chi connectivity index (χ4v) is 2.42. The van der Waals surface area contributed by atoms with Gasteiger partial charge in [-0.15, -0.1) is 0 Å². The lowest BCUT2D eigenvalue weighted by Crippen LogP contribution is -2.33. The Morgan fingerprint density at radius 2 is 2.09 bits per heavy atom. The number of carbonyl (C=O) groups is 1. The number of anilines is 1. The van der Waals surface area contributed by atoms with Gasteiger partial charge in [-0.3, -0.25) is 0 Å². The van der Waals surface area contributed by atoms with E-state index in [4.69, 9.17) is 4.74 Å². The Bertz CT molecular complexity index is 496. The summed E-state index contributed by atoms with van der Waals surface area (Å²) in [6, 6.07) is -0.0916. The van der Waals surface area contributed by atoms with Crippen LogP contribution in [0.5, 0.6) is 0 Å². The number of amides is 2. The summed E-state index contributed by atoms with van der Waals surface area (Å²) in [6.45, 7) is 11.1.